The maximum Gasteiger partial charge on any atom is 0.327 e. The number of fused-ring (bicyclic) bond motifs is 1. The van der Waals surface area contributed by atoms with E-state index in [4.69, 9.17) is 0 Å². The largest absolute Gasteiger partial charge is 0.480 e. The van der Waals surface area contributed by atoms with Gasteiger partial charge in [0.25, 0.3) is 0 Å². The first-order chi connectivity index (χ1) is 12.1. The average molecular weight is 378 g/mol. The number of nitrogens with zero attached hydrogens (tertiary/aromatic N) is 1. The summed E-state index contributed by atoms with van der Waals surface area (Å²) in [5, 5.41) is 20.8. The highest BCUT2D eigenvalue weighted by Gasteiger charge is 2.64. The van der Waals surface area contributed by atoms with Crippen LogP contribution in [0, 0.1) is 0 Å². The van der Waals surface area contributed by atoms with Crippen LogP contribution in [0.4, 0.5) is 0 Å². The van der Waals surface area contributed by atoms with Crippen LogP contribution in [0.1, 0.15) is 25.3 Å². The molecule has 1 aromatic carbocycles. The molecule has 2 amide bonds. The second-order valence-corrected chi connectivity index (χ2v) is 8.54. The standard InChI is InChI=1S/C17H18N2O6S/c1-17(2)11(16(24)25)19-13(21)10(14(19)26-17)18-12(20)9(15(22)23)8-6-4-3-5-7-8/h3-7,9-11,14H,1-2H3,(H,18,20)(H,22,23)(H,24,25)/t9-,10+,11-,14+/m1/s1. The van der Waals surface area contributed by atoms with Gasteiger partial charge in [-0.25, -0.2) is 4.79 Å². The Hall–Kier alpha value is -2.55. The quantitative estimate of drug-likeness (QED) is 0.503. The summed E-state index contributed by atoms with van der Waals surface area (Å²) in [6.07, 6.45) is 0. The molecule has 0 saturated carbocycles. The highest BCUT2D eigenvalue weighted by Crippen LogP contribution is 2.50. The van der Waals surface area contributed by atoms with Gasteiger partial charge in [0, 0.05) is 4.75 Å². The summed E-state index contributed by atoms with van der Waals surface area (Å²) in [5.41, 5.74) is 0.309. The van der Waals surface area contributed by atoms with Gasteiger partial charge >= 0.3 is 11.9 Å². The monoisotopic (exact) mass is 378 g/mol. The molecule has 2 aliphatic heterocycles. The first-order valence-electron chi connectivity index (χ1n) is 7.96. The van der Waals surface area contributed by atoms with Gasteiger partial charge in [-0.3, -0.25) is 14.4 Å². The molecule has 138 valence electrons. The lowest BCUT2D eigenvalue weighted by Crippen LogP contribution is -2.71. The highest BCUT2D eigenvalue weighted by molar-refractivity contribution is 8.01. The van der Waals surface area contributed by atoms with Gasteiger partial charge in [0.1, 0.15) is 17.5 Å². The molecule has 1 aromatic rings. The summed E-state index contributed by atoms with van der Waals surface area (Å²) >= 11 is 1.29. The lowest BCUT2D eigenvalue weighted by molar-refractivity contribution is -0.161. The number of carbonyl (C=O) groups excluding carboxylic acids is 2. The molecule has 0 aliphatic carbocycles. The van der Waals surface area contributed by atoms with Crippen LogP contribution in [0.5, 0.6) is 0 Å². The van der Waals surface area contributed by atoms with E-state index in [0.717, 1.165) is 0 Å². The fourth-order valence-corrected chi connectivity index (χ4v) is 5.06. The first kappa shape index (κ1) is 18.2. The molecule has 0 unspecified atom stereocenters. The van der Waals surface area contributed by atoms with Gasteiger partial charge in [-0.05, 0) is 19.4 Å². The number of benzene rings is 1. The van der Waals surface area contributed by atoms with Gasteiger partial charge in [0.15, 0.2) is 5.92 Å². The summed E-state index contributed by atoms with van der Waals surface area (Å²) in [5.74, 6) is -5.16. The molecule has 8 nitrogen and oxygen atoms in total. The fraction of sp³-hybridized carbons (Fsp3) is 0.412. The lowest BCUT2D eigenvalue weighted by Gasteiger charge is -2.43. The van der Waals surface area contributed by atoms with Crippen molar-refractivity contribution < 1.29 is 29.4 Å². The zero-order valence-corrected chi connectivity index (χ0v) is 14.9. The van der Waals surface area contributed by atoms with E-state index in [-0.39, 0.29) is 0 Å². The van der Waals surface area contributed by atoms with Crippen LogP contribution in [0.2, 0.25) is 0 Å². The van der Waals surface area contributed by atoms with E-state index in [2.05, 4.69) is 5.32 Å². The van der Waals surface area contributed by atoms with Gasteiger partial charge in [-0.1, -0.05) is 30.3 Å². The Bertz CT molecular complexity index is 781. The second kappa shape index (κ2) is 6.31. The number of carboxylic acids is 2. The topological polar surface area (TPSA) is 124 Å². The average Bonchev–Trinajstić information content (AvgIpc) is 2.82. The van der Waals surface area contributed by atoms with E-state index in [0.29, 0.717) is 5.56 Å². The minimum atomic E-state index is -1.44. The fourth-order valence-electron chi connectivity index (χ4n) is 3.43. The number of rotatable bonds is 5. The Morgan fingerprint density at radius 2 is 1.81 bits per heavy atom. The molecule has 0 spiro atoms. The third-order valence-corrected chi connectivity index (χ3v) is 6.19. The smallest absolute Gasteiger partial charge is 0.327 e. The van der Waals surface area contributed by atoms with Crippen molar-refractivity contribution >= 4 is 35.5 Å². The third-order valence-electron chi connectivity index (χ3n) is 4.61. The summed E-state index contributed by atoms with van der Waals surface area (Å²) in [6, 6.07) is 6.10. The van der Waals surface area contributed by atoms with Gasteiger partial charge in [0.05, 0.1) is 0 Å². The molecule has 26 heavy (non-hydrogen) atoms. The van der Waals surface area contributed by atoms with E-state index in [9.17, 15) is 29.4 Å². The first-order valence-corrected chi connectivity index (χ1v) is 8.84. The Morgan fingerprint density at radius 1 is 1.19 bits per heavy atom. The molecule has 3 rings (SSSR count). The molecule has 2 heterocycles. The van der Waals surface area contributed by atoms with E-state index < -0.39 is 51.9 Å². The van der Waals surface area contributed by atoms with Crippen molar-refractivity contribution in [1.29, 1.82) is 0 Å². The number of carbonyl (C=O) groups is 4. The molecule has 3 N–H and O–H groups in total. The van der Waals surface area contributed by atoms with E-state index in [1.165, 1.54) is 28.8 Å². The molecule has 2 fully saturated rings. The highest BCUT2D eigenvalue weighted by atomic mass is 32.2. The van der Waals surface area contributed by atoms with Crippen molar-refractivity contribution in [2.24, 2.45) is 0 Å². The minimum absolute atomic E-state index is 0.309. The number of amides is 2. The van der Waals surface area contributed by atoms with Gasteiger partial charge in [-0.15, -0.1) is 11.8 Å². The molecule has 2 aliphatic rings. The number of thioether (sulfide) groups is 1. The Kier molecular flexibility index (Phi) is 4.43. The van der Waals surface area contributed by atoms with Crippen LogP contribution >= 0.6 is 11.8 Å². The zero-order valence-electron chi connectivity index (χ0n) is 14.1. The van der Waals surface area contributed by atoms with Crippen LogP contribution in [0.3, 0.4) is 0 Å². The van der Waals surface area contributed by atoms with Gasteiger partial charge in [-0.2, -0.15) is 0 Å². The summed E-state index contributed by atoms with van der Waals surface area (Å²) in [4.78, 5) is 49.2. The minimum Gasteiger partial charge on any atom is -0.480 e. The molecule has 9 heteroatoms. The molecule has 0 radical (unpaired) electrons. The molecule has 2 saturated heterocycles. The third kappa shape index (κ3) is 2.82. The van der Waals surface area contributed by atoms with Crippen LogP contribution < -0.4 is 5.32 Å². The maximum atomic E-state index is 12.5. The second-order valence-electron chi connectivity index (χ2n) is 6.77. The van der Waals surface area contributed by atoms with Crippen molar-refractivity contribution in [3.8, 4) is 0 Å². The van der Waals surface area contributed by atoms with E-state index in [1.54, 1.807) is 32.0 Å². The van der Waals surface area contributed by atoms with Crippen LogP contribution in [0.25, 0.3) is 0 Å². The number of carboxylic acid groups (broad SMARTS) is 2. The molecule has 0 bridgehead atoms. The van der Waals surface area contributed by atoms with Crippen LogP contribution in [-0.2, 0) is 19.2 Å². The number of nitrogens with one attached hydrogen (secondary N) is 1. The van der Waals surface area contributed by atoms with Crippen molar-refractivity contribution in [1.82, 2.24) is 10.2 Å². The van der Waals surface area contributed by atoms with Crippen LogP contribution in [-0.4, -0.2) is 61.1 Å². The number of aliphatic carboxylic acids is 2. The van der Waals surface area contributed by atoms with Crippen molar-refractivity contribution in [2.75, 3.05) is 0 Å². The van der Waals surface area contributed by atoms with Gasteiger partial charge < -0.3 is 20.4 Å². The molecule has 4 atom stereocenters. The summed E-state index contributed by atoms with van der Waals surface area (Å²) in [6.45, 7) is 3.45. The Balaban J connectivity index is 1.78. The van der Waals surface area contributed by atoms with Crippen molar-refractivity contribution in [2.45, 2.75) is 42.0 Å². The molecular weight excluding hydrogens is 360 g/mol. The Morgan fingerprint density at radius 3 is 2.35 bits per heavy atom. The van der Waals surface area contributed by atoms with Crippen molar-refractivity contribution in [3.63, 3.8) is 0 Å². The summed E-state index contributed by atoms with van der Waals surface area (Å²) in [7, 11) is 0. The number of β-lactam (4-membered cyclic amide) rings is 1. The SMILES string of the molecule is CC1(C)S[C@H]2[C@@H](NC(=O)[C@H](C(=O)O)c3ccccc3)C(=O)N2[C@@H]1C(=O)O. The number of hydrogen-bond donors (Lipinski definition) is 3. The maximum absolute atomic E-state index is 12.5. The van der Waals surface area contributed by atoms with Gasteiger partial charge in [0.2, 0.25) is 11.8 Å². The van der Waals surface area contributed by atoms with E-state index >= 15 is 0 Å². The Labute approximate surface area is 153 Å². The summed E-state index contributed by atoms with van der Waals surface area (Å²) < 4.78 is -0.711. The zero-order chi connectivity index (χ0) is 19.2. The predicted molar refractivity (Wildman–Crippen MR) is 92.5 cm³/mol. The predicted octanol–water partition coefficient (Wildman–Crippen LogP) is 0.486. The van der Waals surface area contributed by atoms with Crippen molar-refractivity contribution in [3.05, 3.63) is 35.9 Å². The van der Waals surface area contributed by atoms with E-state index in [1.807, 2.05) is 0 Å². The normalized spacial score (nSPS) is 27.2. The number of hydrogen-bond acceptors (Lipinski definition) is 5. The lowest BCUT2D eigenvalue weighted by atomic mass is 9.94. The van der Waals surface area contributed by atoms with Crippen LogP contribution in [0.15, 0.2) is 30.3 Å². The molecule has 0 aromatic heterocycles. The molecular formula is C17H18N2O6S.